The zero-order valence-corrected chi connectivity index (χ0v) is 16.2. The number of benzene rings is 1. The number of ether oxygens (including phenoxy) is 2. The van der Waals surface area contributed by atoms with Crippen LogP contribution < -0.4 is 9.47 Å². The molecular weight excluding hydrogens is 348 g/mol. The maximum absolute atomic E-state index is 13.2. The molecule has 26 heavy (non-hydrogen) atoms. The molecule has 0 radical (unpaired) electrons. The Balaban J connectivity index is 1.50. The number of rotatable bonds is 5. The molecular formula is C20H24N2O3S. The molecule has 1 aliphatic heterocycles. The largest absolute Gasteiger partial charge is 0.497 e. The van der Waals surface area contributed by atoms with Gasteiger partial charge < -0.3 is 14.4 Å². The first-order valence-corrected chi connectivity index (χ1v) is 9.92. The first-order valence-electron chi connectivity index (χ1n) is 9.10. The standard InChI is InChI=1S/C20H24N2O3S/c1-12-19(26-13(2)21-12)20(23)22-15-5-4-14(10-15)18(22)11-25-17-8-6-16(24-3)7-9-17/h6-9,14-15,18H,4-5,10-11H2,1-3H3/t14-,15-,18-/m1/s1. The average molecular weight is 372 g/mol. The van der Waals surface area contributed by atoms with Gasteiger partial charge in [0, 0.05) is 6.04 Å². The minimum absolute atomic E-state index is 0.128. The molecule has 0 unspecified atom stereocenters. The molecule has 0 spiro atoms. The first-order chi connectivity index (χ1) is 12.6. The highest BCUT2D eigenvalue weighted by Crippen LogP contribution is 2.43. The summed E-state index contributed by atoms with van der Waals surface area (Å²) in [7, 11) is 1.65. The Bertz CT molecular complexity index is 802. The van der Waals surface area contributed by atoms with Crippen LogP contribution in [0.3, 0.4) is 0 Å². The Morgan fingerprint density at radius 3 is 2.62 bits per heavy atom. The van der Waals surface area contributed by atoms with Crippen molar-refractivity contribution in [2.75, 3.05) is 13.7 Å². The van der Waals surface area contributed by atoms with E-state index < -0.39 is 0 Å². The summed E-state index contributed by atoms with van der Waals surface area (Å²) in [5.41, 5.74) is 0.843. The molecule has 4 rings (SSSR count). The van der Waals surface area contributed by atoms with Crippen LogP contribution in [-0.2, 0) is 0 Å². The van der Waals surface area contributed by atoms with Gasteiger partial charge >= 0.3 is 0 Å². The van der Waals surface area contributed by atoms with Gasteiger partial charge in [0.15, 0.2) is 0 Å². The average Bonchev–Trinajstić information content (AvgIpc) is 3.34. The van der Waals surface area contributed by atoms with Crippen LogP contribution in [0.4, 0.5) is 0 Å². The number of aromatic nitrogens is 1. The van der Waals surface area contributed by atoms with Gasteiger partial charge in [0.1, 0.15) is 23.0 Å². The number of hydrogen-bond donors (Lipinski definition) is 0. The molecule has 2 heterocycles. The number of aryl methyl sites for hydroxylation is 2. The quantitative estimate of drug-likeness (QED) is 0.800. The number of carbonyl (C=O) groups is 1. The van der Waals surface area contributed by atoms with Crippen LogP contribution in [0.15, 0.2) is 24.3 Å². The maximum Gasteiger partial charge on any atom is 0.266 e. The van der Waals surface area contributed by atoms with Crippen molar-refractivity contribution >= 4 is 17.2 Å². The number of hydrogen-bond acceptors (Lipinski definition) is 5. The lowest BCUT2D eigenvalue weighted by molar-refractivity contribution is 0.0509. The molecule has 1 aromatic carbocycles. The molecule has 1 aromatic heterocycles. The van der Waals surface area contributed by atoms with Crippen molar-refractivity contribution in [2.24, 2.45) is 5.92 Å². The van der Waals surface area contributed by atoms with E-state index in [1.807, 2.05) is 38.1 Å². The van der Waals surface area contributed by atoms with Gasteiger partial charge in [-0.25, -0.2) is 4.98 Å². The van der Waals surface area contributed by atoms with E-state index in [0.717, 1.165) is 39.9 Å². The Kier molecular flexibility index (Phi) is 4.61. The van der Waals surface area contributed by atoms with Crippen LogP contribution >= 0.6 is 11.3 Å². The number of amides is 1. The number of piperidine rings is 1. The molecule has 6 heteroatoms. The highest BCUT2D eigenvalue weighted by molar-refractivity contribution is 7.13. The monoisotopic (exact) mass is 372 g/mol. The van der Waals surface area contributed by atoms with Crippen LogP contribution in [0.2, 0.25) is 0 Å². The molecule has 2 fully saturated rings. The zero-order chi connectivity index (χ0) is 18.3. The fraction of sp³-hybridized carbons (Fsp3) is 0.500. The molecule has 3 atom stereocenters. The third-order valence-electron chi connectivity index (χ3n) is 5.55. The van der Waals surface area contributed by atoms with Gasteiger partial charge in [-0.1, -0.05) is 0 Å². The predicted octanol–water partition coefficient (Wildman–Crippen LogP) is 3.84. The third-order valence-corrected chi connectivity index (χ3v) is 6.61. The van der Waals surface area contributed by atoms with Crippen molar-refractivity contribution in [3.8, 4) is 11.5 Å². The van der Waals surface area contributed by atoms with Gasteiger partial charge in [0.25, 0.3) is 5.91 Å². The van der Waals surface area contributed by atoms with Crippen LogP contribution in [-0.4, -0.2) is 41.6 Å². The summed E-state index contributed by atoms with van der Waals surface area (Å²) in [6, 6.07) is 8.10. The Hall–Kier alpha value is -2.08. The van der Waals surface area contributed by atoms with Gasteiger partial charge in [-0.15, -0.1) is 11.3 Å². The van der Waals surface area contributed by atoms with E-state index in [4.69, 9.17) is 9.47 Å². The fourth-order valence-electron chi connectivity index (χ4n) is 4.33. The fourth-order valence-corrected chi connectivity index (χ4v) is 5.19. The van der Waals surface area contributed by atoms with E-state index in [-0.39, 0.29) is 11.9 Å². The Morgan fingerprint density at radius 1 is 1.23 bits per heavy atom. The minimum atomic E-state index is 0.128. The lowest BCUT2D eigenvalue weighted by Crippen LogP contribution is -2.47. The molecule has 1 aliphatic carbocycles. The molecule has 1 amide bonds. The van der Waals surface area contributed by atoms with Gasteiger partial charge in [-0.2, -0.15) is 0 Å². The molecule has 1 saturated heterocycles. The van der Waals surface area contributed by atoms with Crippen molar-refractivity contribution in [1.82, 2.24) is 9.88 Å². The van der Waals surface area contributed by atoms with Crippen LogP contribution in [0.25, 0.3) is 0 Å². The number of thiazole rings is 1. The van der Waals surface area contributed by atoms with Gasteiger partial charge in [-0.3, -0.25) is 4.79 Å². The summed E-state index contributed by atoms with van der Waals surface area (Å²) < 4.78 is 11.2. The predicted molar refractivity (Wildman–Crippen MR) is 101 cm³/mol. The van der Waals surface area contributed by atoms with Crippen LogP contribution in [0.1, 0.15) is 39.6 Å². The molecule has 138 valence electrons. The maximum atomic E-state index is 13.2. The minimum Gasteiger partial charge on any atom is -0.497 e. The van der Waals surface area contributed by atoms with Crippen molar-refractivity contribution in [3.05, 3.63) is 39.8 Å². The topological polar surface area (TPSA) is 51.7 Å². The van der Waals surface area contributed by atoms with E-state index in [9.17, 15) is 4.79 Å². The zero-order valence-electron chi connectivity index (χ0n) is 15.4. The number of fused-ring (bicyclic) bond motifs is 2. The van der Waals surface area contributed by atoms with Gasteiger partial charge in [-0.05, 0) is 63.3 Å². The van der Waals surface area contributed by atoms with Crippen molar-refractivity contribution in [2.45, 2.75) is 45.2 Å². The lowest BCUT2D eigenvalue weighted by atomic mass is 9.99. The first kappa shape index (κ1) is 17.3. The molecule has 1 saturated carbocycles. The normalized spacial score (nSPS) is 24.1. The summed E-state index contributed by atoms with van der Waals surface area (Å²) in [4.78, 5) is 20.5. The summed E-state index contributed by atoms with van der Waals surface area (Å²) in [5.74, 6) is 2.29. The second-order valence-corrected chi connectivity index (χ2v) is 8.34. The molecule has 2 aliphatic rings. The Morgan fingerprint density at radius 2 is 1.96 bits per heavy atom. The highest BCUT2D eigenvalue weighted by atomic mass is 32.1. The number of nitrogens with zero attached hydrogens (tertiary/aromatic N) is 2. The number of carbonyl (C=O) groups excluding carboxylic acids is 1. The second-order valence-electron chi connectivity index (χ2n) is 7.14. The van der Waals surface area contributed by atoms with E-state index in [1.165, 1.54) is 17.8 Å². The number of likely N-dealkylation sites (tertiary alicyclic amines) is 1. The van der Waals surface area contributed by atoms with E-state index in [1.54, 1.807) is 7.11 Å². The summed E-state index contributed by atoms with van der Waals surface area (Å²) in [5, 5.41) is 0.946. The van der Waals surface area contributed by atoms with Crippen molar-refractivity contribution < 1.29 is 14.3 Å². The van der Waals surface area contributed by atoms with Gasteiger partial charge in [0.05, 0.1) is 23.9 Å². The van der Waals surface area contributed by atoms with Gasteiger partial charge in [0.2, 0.25) is 0 Å². The second kappa shape index (κ2) is 6.91. The van der Waals surface area contributed by atoms with Crippen molar-refractivity contribution in [3.63, 3.8) is 0 Å². The SMILES string of the molecule is COc1ccc(OC[C@@H]2[C@@H]3CC[C@H](C3)N2C(=O)c2sc(C)nc2C)cc1. The van der Waals surface area contributed by atoms with E-state index in [2.05, 4.69) is 9.88 Å². The molecule has 5 nitrogen and oxygen atoms in total. The van der Waals surface area contributed by atoms with E-state index >= 15 is 0 Å². The summed E-state index contributed by atoms with van der Waals surface area (Å²) in [6.07, 6.45) is 3.39. The summed E-state index contributed by atoms with van der Waals surface area (Å²) in [6.45, 7) is 4.42. The molecule has 0 N–H and O–H groups in total. The van der Waals surface area contributed by atoms with E-state index in [0.29, 0.717) is 18.6 Å². The Labute approximate surface area is 157 Å². The lowest BCUT2D eigenvalue weighted by Gasteiger charge is -2.35. The molecule has 2 bridgehead atoms. The third kappa shape index (κ3) is 3.07. The summed E-state index contributed by atoms with van der Waals surface area (Å²) >= 11 is 1.50. The smallest absolute Gasteiger partial charge is 0.266 e. The highest BCUT2D eigenvalue weighted by Gasteiger charge is 2.49. The number of methoxy groups -OCH3 is 1. The molecule has 2 aromatic rings. The van der Waals surface area contributed by atoms with Crippen molar-refractivity contribution in [1.29, 1.82) is 0 Å². The van der Waals surface area contributed by atoms with Crippen LogP contribution in [0, 0.1) is 19.8 Å². The van der Waals surface area contributed by atoms with Crippen LogP contribution in [0.5, 0.6) is 11.5 Å².